The quantitative estimate of drug-likeness (QED) is 0.255. The first-order chi connectivity index (χ1) is 14.9. The van der Waals surface area contributed by atoms with E-state index in [-0.39, 0.29) is 11.4 Å². The summed E-state index contributed by atoms with van der Waals surface area (Å²) < 4.78 is 5.58. The number of carbonyl (C=O) groups is 1. The van der Waals surface area contributed by atoms with Gasteiger partial charge in [-0.2, -0.15) is 0 Å². The molecule has 4 rings (SSSR count). The molecule has 1 amide bonds. The minimum Gasteiger partial charge on any atom is -0.451 e. The number of nitro benzene ring substituents is 1. The lowest BCUT2D eigenvalue weighted by atomic mass is 10.1. The molecule has 0 spiro atoms. The van der Waals surface area contributed by atoms with E-state index in [1.165, 1.54) is 29.5 Å². The molecule has 0 radical (unpaired) electrons. The summed E-state index contributed by atoms with van der Waals surface area (Å²) in [6.45, 7) is 0. The topological polar surface area (TPSA) is 98.3 Å². The minimum atomic E-state index is -0.489. The molecule has 0 saturated heterocycles. The number of thiazole rings is 1. The van der Waals surface area contributed by atoms with Crippen molar-refractivity contribution in [2.45, 2.75) is 6.42 Å². The Morgan fingerprint density at radius 1 is 1.16 bits per heavy atom. The molecular formula is C21H13Cl2N3O4S. The lowest BCUT2D eigenvalue weighted by Gasteiger charge is -2.02. The zero-order chi connectivity index (χ0) is 22.0. The number of halogens is 2. The molecule has 31 heavy (non-hydrogen) atoms. The van der Waals surface area contributed by atoms with Crippen LogP contribution in [0.3, 0.4) is 0 Å². The summed E-state index contributed by atoms with van der Waals surface area (Å²) in [6, 6.07) is 14.3. The summed E-state index contributed by atoms with van der Waals surface area (Å²) in [5, 5.41) is 15.2. The maximum atomic E-state index is 12.5. The predicted molar refractivity (Wildman–Crippen MR) is 120 cm³/mol. The zero-order valence-electron chi connectivity index (χ0n) is 15.7. The number of carbonyl (C=O) groups excluding carboxylic acids is 1. The minimum absolute atomic E-state index is 0.0602. The fourth-order valence-corrected chi connectivity index (χ4v) is 4.07. The second-order valence-corrected chi connectivity index (χ2v) is 8.43. The first-order valence-electron chi connectivity index (χ1n) is 8.94. The molecule has 7 nitrogen and oxygen atoms in total. The summed E-state index contributed by atoms with van der Waals surface area (Å²) >= 11 is 13.5. The van der Waals surface area contributed by atoms with Gasteiger partial charge in [0.25, 0.3) is 11.6 Å². The lowest BCUT2D eigenvalue weighted by Crippen LogP contribution is -2.10. The molecule has 1 N–H and O–H groups in total. The van der Waals surface area contributed by atoms with E-state index in [2.05, 4.69) is 10.3 Å². The largest absolute Gasteiger partial charge is 0.451 e. The van der Waals surface area contributed by atoms with E-state index in [0.29, 0.717) is 32.9 Å². The first kappa shape index (κ1) is 21.0. The van der Waals surface area contributed by atoms with Gasteiger partial charge in [-0.3, -0.25) is 20.2 Å². The number of amides is 1. The van der Waals surface area contributed by atoms with E-state index in [9.17, 15) is 14.9 Å². The van der Waals surface area contributed by atoms with Crippen LogP contribution in [0.4, 0.5) is 10.8 Å². The highest BCUT2D eigenvalue weighted by Gasteiger charge is 2.16. The van der Waals surface area contributed by atoms with Crippen LogP contribution in [0.1, 0.15) is 21.0 Å². The number of benzene rings is 2. The van der Waals surface area contributed by atoms with Crippen LogP contribution in [-0.2, 0) is 6.42 Å². The van der Waals surface area contributed by atoms with Gasteiger partial charge in [0.2, 0.25) is 0 Å². The fraction of sp³-hybridized carbons (Fsp3) is 0.0476. The number of rotatable bonds is 6. The van der Waals surface area contributed by atoms with E-state index in [1.54, 1.807) is 42.6 Å². The molecule has 0 aliphatic rings. The molecule has 0 atom stereocenters. The van der Waals surface area contributed by atoms with Gasteiger partial charge in [-0.05, 0) is 35.9 Å². The van der Waals surface area contributed by atoms with Gasteiger partial charge in [0.15, 0.2) is 10.9 Å². The number of hydrogen-bond donors (Lipinski definition) is 1. The summed E-state index contributed by atoms with van der Waals surface area (Å²) in [4.78, 5) is 28.1. The number of nitro groups is 1. The number of anilines is 1. The first-order valence-corrected chi connectivity index (χ1v) is 10.5. The maximum Gasteiger partial charge on any atom is 0.293 e. The predicted octanol–water partition coefficient (Wildman–Crippen LogP) is 6.46. The maximum absolute atomic E-state index is 12.5. The standard InChI is InChI=1S/C21H13Cl2N3O4S/c22-14-4-5-17(23)13(8-14)10-16-11-24-21(31-16)25-20(27)19-7-6-18(30-19)12-2-1-3-15(9-12)26(28)29/h1-9,11H,10H2,(H,24,25,27). The molecule has 2 heterocycles. The Morgan fingerprint density at radius 3 is 2.81 bits per heavy atom. The van der Waals surface area contributed by atoms with Crippen LogP contribution in [-0.4, -0.2) is 15.8 Å². The molecule has 0 bridgehead atoms. The number of hydrogen-bond acceptors (Lipinski definition) is 6. The molecule has 2 aromatic heterocycles. The van der Waals surface area contributed by atoms with E-state index >= 15 is 0 Å². The van der Waals surface area contributed by atoms with Gasteiger partial charge in [-0.15, -0.1) is 11.3 Å². The molecule has 0 saturated carbocycles. The van der Waals surface area contributed by atoms with E-state index < -0.39 is 10.8 Å². The van der Waals surface area contributed by atoms with Crippen molar-refractivity contribution < 1.29 is 14.1 Å². The van der Waals surface area contributed by atoms with Crippen molar-refractivity contribution in [3.63, 3.8) is 0 Å². The monoisotopic (exact) mass is 473 g/mol. The summed E-state index contributed by atoms with van der Waals surface area (Å²) in [5.74, 6) is -0.0567. The molecule has 0 aliphatic heterocycles. The number of nitrogens with one attached hydrogen (secondary N) is 1. The Balaban J connectivity index is 1.45. The fourth-order valence-electron chi connectivity index (χ4n) is 2.86. The Bertz CT molecular complexity index is 1290. The van der Waals surface area contributed by atoms with Gasteiger partial charge in [-0.1, -0.05) is 35.3 Å². The van der Waals surface area contributed by atoms with E-state index in [1.807, 2.05) is 0 Å². The molecule has 4 aromatic rings. The second kappa shape index (κ2) is 8.89. The highest BCUT2D eigenvalue weighted by molar-refractivity contribution is 7.15. The Kier molecular flexibility index (Phi) is 6.03. The molecule has 10 heteroatoms. The van der Waals surface area contributed by atoms with Crippen molar-refractivity contribution in [3.05, 3.63) is 97.2 Å². The molecule has 2 aromatic carbocycles. The average molecular weight is 474 g/mol. The third-order valence-electron chi connectivity index (χ3n) is 4.32. The van der Waals surface area contributed by atoms with E-state index in [4.69, 9.17) is 27.6 Å². The van der Waals surface area contributed by atoms with Crippen molar-refractivity contribution in [3.8, 4) is 11.3 Å². The van der Waals surface area contributed by atoms with Crippen molar-refractivity contribution in [2.75, 3.05) is 5.32 Å². The van der Waals surface area contributed by atoms with Crippen LogP contribution < -0.4 is 5.32 Å². The smallest absolute Gasteiger partial charge is 0.293 e. The van der Waals surface area contributed by atoms with Crippen molar-refractivity contribution in [1.82, 2.24) is 4.98 Å². The van der Waals surface area contributed by atoms with Gasteiger partial charge in [0.05, 0.1) is 4.92 Å². The number of aromatic nitrogens is 1. The van der Waals surface area contributed by atoms with Gasteiger partial charge in [0.1, 0.15) is 5.76 Å². The highest BCUT2D eigenvalue weighted by Crippen LogP contribution is 2.28. The van der Waals surface area contributed by atoms with Crippen LogP contribution in [0.5, 0.6) is 0 Å². The SMILES string of the molecule is O=C(Nc1ncc(Cc2cc(Cl)ccc2Cl)s1)c1ccc(-c2cccc([N+](=O)[O-])c2)o1. The van der Waals surface area contributed by atoms with Crippen molar-refractivity contribution in [2.24, 2.45) is 0 Å². The average Bonchev–Trinajstić information content (AvgIpc) is 3.41. The van der Waals surface area contributed by atoms with Crippen LogP contribution in [0.25, 0.3) is 11.3 Å². The Morgan fingerprint density at radius 2 is 2.00 bits per heavy atom. The Labute approximate surface area is 190 Å². The van der Waals surface area contributed by atoms with Crippen LogP contribution in [0.2, 0.25) is 10.0 Å². The normalized spacial score (nSPS) is 10.8. The number of nitrogens with zero attached hydrogens (tertiary/aromatic N) is 2. The summed E-state index contributed by atoms with van der Waals surface area (Å²) in [6.07, 6.45) is 2.19. The molecule has 0 fully saturated rings. The van der Waals surface area contributed by atoms with Gasteiger partial charge in [0, 0.05) is 45.2 Å². The summed E-state index contributed by atoms with van der Waals surface area (Å²) in [7, 11) is 0. The van der Waals surface area contributed by atoms with E-state index in [0.717, 1.165) is 10.4 Å². The van der Waals surface area contributed by atoms with Gasteiger partial charge < -0.3 is 4.42 Å². The van der Waals surface area contributed by atoms with Gasteiger partial charge >= 0.3 is 0 Å². The number of non-ortho nitro benzene ring substituents is 1. The second-order valence-electron chi connectivity index (χ2n) is 6.47. The van der Waals surface area contributed by atoms with Crippen LogP contribution in [0, 0.1) is 10.1 Å². The molecular weight excluding hydrogens is 461 g/mol. The van der Waals surface area contributed by atoms with Crippen LogP contribution >= 0.6 is 34.5 Å². The van der Waals surface area contributed by atoms with Crippen molar-refractivity contribution in [1.29, 1.82) is 0 Å². The molecule has 0 unspecified atom stereocenters. The lowest BCUT2D eigenvalue weighted by molar-refractivity contribution is -0.384. The molecule has 156 valence electrons. The van der Waals surface area contributed by atoms with Crippen molar-refractivity contribution >= 4 is 51.3 Å². The number of furan rings is 1. The summed E-state index contributed by atoms with van der Waals surface area (Å²) in [5.41, 5.74) is 1.31. The zero-order valence-corrected chi connectivity index (χ0v) is 18.0. The Hall–Kier alpha value is -3.20. The van der Waals surface area contributed by atoms with Crippen LogP contribution in [0.15, 0.2) is 65.2 Å². The third-order valence-corrected chi connectivity index (χ3v) is 5.83. The highest BCUT2D eigenvalue weighted by atomic mass is 35.5. The third kappa shape index (κ3) is 4.93. The molecule has 0 aliphatic carbocycles. The van der Waals surface area contributed by atoms with Gasteiger partial charge in [-0.25, -0.2) is 4.98 Å².